The molecular weight excluding hydrogens is 406 g/mol. The molecule has 1 rings (SSSR count). The minimum atomic E-state index is -2.74. The third-order valence-corrected chi connectivity index (χ3v) is 6.49. The summed E-state index contributed by atoms with van der Waals surface area (Å²) in [5.41, 5.74) is 0. The molecule has 1 heterocycles. The molecule has 1 aromatic heterocycles. The highest BCUT2D eigenvalue weighted by atomic mass is 28.4. The molecule has 0 radical (unpaired) electrons. The van der Waals surface area contributed by atoms with Gasteiger partial charge in [0.2, 0.25) is 0 Å². The van der Waals surface area contributed by atoms with E-state index in [-0.39, 0.29) is 31.2 Å². The van der Waals surface area contributed by atoms with E-state index in [1.54, 1.807) is 12.2 Å². The molecule has 1 aromatic rings. The van der Waals surface area contributed by atoms with Gasteiger partial charge in [-0.25, -0.2) is 0 Å². The standard InChI is InChI=1S/C20H35N3O6Si/c1-6-12-24-18-21-19(25-13-7-2)23-20(22-18)26-16-11-17-30(27-10-5,28-14-8-3)29-15-9-4/h6-7H,1-2,8-17H2,3-5H3. The Morgan fingerprint density at radius 2 is 1.23 bits per heavy atom. The number of aromatic nitrogens is 3. The molecule has 0 aromatic carbocycles. The number of hydrogen-bond donors (Lipinski definition) is 0. The van der Waals surface area contributed by atoms with E-state index in [4.69, 9.17) is 27.5 Å². The van der Waals surface area contributed by atoms with E-state index in [0.29, 0.717) is 38.9 Å². The van der Waals surface area contributed by atoms with Crippen LogP contribution >= 0.6 is 0 Å². The Labute approximate surface area is 180 Å². The first-order valence-electron chi connectivity index (χ1n) is 10.4. The van der Waals surface area contributed by atoms with Gasteiger partial charge in [-0.3, -0.25) is 0 Å². The highest BCUT2D eigenvalue weighted by Crippen LogP contribution is 2.20. The molecule has 0 aliphatic carbocycles. The van der Waals surface area contributed by atoms with E-state index in [1.807, 2.05) is 6.92 Å². The van der Waals surface area contributed by atoms with Crippen molar-refractivity contribution < 1.29 is 27.5 Å². The third-order valence-electron chi connectivity index (χ3n) is 3.51. The lowest BCUT2D eigenvalue weighted by molar-refractivity contribution is 0.0614. The summed E-state index contributed by atoms with van der Waals surface area (Å²) in [6, 6.07) is 0.978. The number of rotatable bonds is 19. The lowest BCUT2D eigenvalue weighted by Gasteiger charge is -2.29. The van der Waals surface area contributed by atoms with Crippen LogP contribution in [0.15, 0.2) is 25.3 Å². The van der Waals surface area contributed by atoms with Crippen LogP contribution in [-0.2, 0) is 13.3 Å². The Kier molecular flexibility index (Phi) is 13.7. The molecule has 0 unspecified atom stereocenters. The average molecular weight is 442 g/mol. The van der Waals surface area contributed by atoms with Crippen LogP contribution < -0.4 is 14.2 Å². The molecule has 0 atom stereocenters. The zero-order valence-electron chi connectivity index (χ0n) is 18.4. The molecule has 9 nitrogen and oxygen atoms in total. The quantitative estimate of drug-likeness (QED) is 0.181. The van der Waals surface area contributed by atoms with Crippen molar-refractivity contribution >= 4 is 8.80 Å². The van der Waals surface area contributed by atoms with Gasteiger partial charge in [0.15, 0.2) is 0 Å². The number of ether oxygens (including phenoxy) is 3. The van der Waals surface area contributed by atoms with E-state index >= 15 is 0 Å². The van der Waals surface area contributed by atoms with Gasteiger partial charge in [0.1, 0.15) is 13.2 Å². The fourth-order valence-corrected chi connectivity index (χ4v) is 5.04. The fraction of sp³-hybridized carbons (Fsp3) is 0.650. The second-order valence-corrected chi connectivity index (χ2v) is 8.88. The van der Waals surface area contributed by atoms with E-state index in [0.717, 1.165) is 12.8 Å². The van der Waals surface area contributed by atoms with Gasteiger partial charge in [0.25, 0.3) is 0 Å². The molecule has 0 N–H and O–H groups in total. The predicted molar refractivity (Wildman–Crippen MR) is 116 cm³/mol. The maximum absolute atomic E-state index is 6.04. The fourth-order valence-electron chi connectivity index (χ4n) is 2.31. The maximum Gasteiger partial charge on any atom is 0.501 e. The van der Waals surface area contributed by atoms with Crippen molar-refractivity contribution in [3.05, 3.63) is 25.3 Å². The average Bonchev–Trinajstić information content (AvgIpc) is 2.76. The summed E-state index contributed by atoms with van der Waals surface area (Å²) in [5, 5.41) is 0. The third kappa shape index (κ3) is 10.1. The van der Waals surface area contributed by atoms with Crippen molar-refractivity contribution in [2.24, 2.45) is 0 Å². The molecule has 0 fully saturated rings. The van der Waals surface area contributed by atoms with Gasteiger partial charge in [-0.2, -0.15) is 0 Å². The molecular formula is C20H35N3O6Si. The first kappa shape index (κ1) is 26.0. The molecule has 0 amide bonds. The summed E-state index contributed by atoms with van der Waals surface area (Å²) in [7, 11) is -2.74. The Morgan fingerprint density at radius 3 is 1.67 bits per heavy atom. The monoisotopic (exact) mass is 441 g/mol. The van der Waals surface area contributed by atoms with Crippen LogP contribution in [0.5, 0.6) is 18.0 Å². The highest BCUT2D eigenvalue weighted by Gasteiger charge is 2.40. The highest BCUT2D eigenvalue weighted by molar-refractivity contribution is 6.60. The zero-order chi connectivity index (χ0) is 22.1. The van der Waals surface area contributed by atoms with Gasteiger partial charge in [0.05, 0.1) is 6.61 Å². The lowest BCUT2D eigenvalue weighted by Crippen LogP contribution is -2.46. The zero-order valence-corrected chi connectivity index (χ0v) is 19.4. The molecule has 0 aliphatic heterocycles. The smallest absolute Gasteiger partial charge is 0.463 e. The van der Waals surface area contributed by atoms with Crippen LogP contribution in [0.25, 0.3) is 0 Å². The second kappa shape index (κ2) is 15.8. The summed E-state index contributed by atoms with van der Waals surface area (Å²) in [6.07, 6.45) is 5.66. The first-order valence-corrected chi connectivity index (χ1v) is 12.3. The van der Waals surface area contributed by atoms with Crippen LogP contribution in [0.3, 0.4) is 0 Å². The normalized spacial score (nSPS) is 11.2. The van der Waals surface area contributed by atoms with E-state index in [9.17, 15) is 0 Å². The van der Waals surface area contributed by atoms with E-state index in [2.05, 4.69) is 42.0 Å². The van der Waals surface area contributed by atoms with Crippen LogP contribution in [0.1, 0.15) is 40.0 Å². The van der Waals surface area contributed by atoms with Crippen molar-refractivity contribution in [2.45, 2.75) is 46.1 Å². The number of nitrogens with zero attached hydrogens (tertiary/aromatic N) is 3. The lowest BCUT2D eigenvalue weighted by atomic mass is 10.5. The van der Waals surface area contributed by atoms with Crippen LogP contribution in [0.2, 0.25) is 6.04 Å². The molecule has 0 saturated heterocycles. The van der Waals surface area contributed by atoms with Crippen molar-refractivity contribution in [1.82, 2.24) is 15.0 Å². The molecule has 30 heavy (non-hydrogen) atoms. The van der Waals surface area contributed by atoms with Gasteiger partial charge in [0, 0.05) is 25.9 Å². The molecule has 0 bridgehead atoms. The summed E-state index contributed by atoms with van der Waals surface area (Å²) in [4.78, 5) is 12.4. The van der Waals surface area contributed by atoms with Crippen LogP contribution in [-0.4, -0.2) is 63.4 Å². The summed E-state index contributed by atoms with van der Waals surface area (Å²) in [6.45, 7) is 15.9. The van der Waals surface area contributed by atoms with Gasteiger partial charge in [-0.15, -0.1) is 15.0 Å². The molecule has 10 heteroatoms. The number of hydrogen-bond acceptors (Lipinski definition) is 9. The molecule has 0 saturated carbocycles. The van der Waals surface area contributed by atoms with Gasteiger partial charge < -0.3 is 27.5 Å². The summed E-state index contributed by atoms with van der Waals surface area (Å²) < 4.78 is 34.5. The minimum absolute atomic E-state index is 0.106. The minimum Gasteiger partial charge on any atom is -0.463 e. The maximum atomic E-state index is 6.04. The molecule has 0 spiro atoms. The van der Waals surface area contributed by atoms with E-state index in [1.165, 1.54) is 0 Å². The Morgan fingerprint density at radius 1 is 0.733 bits per heavy atom. The van der Waals surface area contributed by atoms with E-state index < -0.39 is 8.80 Å². The van der Waals surface area contributed by atoms with Crippen LogP contribution in [0.4, 0.5) is 0 Å². The van der Waals surface area contributed by atoms with Crippen molar-refractivity contribution in [2.75, 3.05) is 39.6 Å². The van der Waals surface area contributed by atoms with Crippen molar-refractivity contribution in [3.8, 4) is 18.0 Å². The van der Waals surface area contributed by atoms with Crippen LogP contribution in [0, 0.1) is 0 Å². The largest absolute Gasteiger partial charge is 0.501 e. The topological polar surface area (TPSA) is 94.1 Å². The summed E-state index contributed by atoms with van der Waals surface area (Å²) in [5.74, 6) is 0. The first-order chi connectivity index (χ1) is 14.6. The Bertz CT molecular complexity index is 582. The van der Waals surface area contributed by atoms with Gasteiger partial charge in [-0.1, -0.05) is 39.2 Å². The Balaban J connectivity index is 2.73. The van der Waals surface area contributed by atoms with Gasteiger partial charge >= 0.3 is 26.8 Å². The van der Waals surface area contributed by atoms with Gasteiger partial charge in [-0.05, 0) is 26.2 Å². The predicted octanol–water partition coefficient (Wildman–Crippen LogP) is 3.60. The summed E-state index contributed by atoms with van der Waals surface area (Å²) >= 11 is 0. The van der Waals surface area contributed by atoms with Crippen molar-refractivity contribution in [3.63, 3.8) is 0 Å². The Hall–Kier alpha value is -2.01. The SMILES string of the molecule is C=CCOc1nc(OCC=C)nc(OCCC[Si](OCC)(OCCC)OCCC)n1. The molecule has 170 valence electrons. The second-order valence-electron chi connectivity index (χ2n) is 6.15. The molecule has 0 aliphatic rings. The van der Waals surface area contributed by atoms with Crippen molar-refractivity contribution in [1.29, 1.82) is 0 Å².